The molecule has 0 fully saturated rings. The minimum Gasteiger partial charge on any atom is -0.326 e. The van der Waals surface area contributed by atoms with Gasteiger partial charge in [-0.05, 0) is 36.4 Å². The molecular formula is C18H13ClFN3O3. The molecule has 2 aromatic carbocycles. The monoisotopic (exact) mass is 373 g/mol. The summed E-state index contributed by atoms with van der Waals surface area (Å²) < 4.78 is 15.3. The van der Waals surface area contributed by atoms with E-state index in [0.717, 1.165) is 10.6 Å². The zero-order chi connectivity index (χ0) is 18.8. The third-order valence-corrected chi connectivity index (χ3v) is 3.92. The molecule has 0 aliphatic carbocycles. The van der Waals surface area contributed by atoms with Gasteiger partial charge in [0.25, 0.3) is 5.56 Å². The maximum atomic E-state index is 14.2. The third-order valence-electron chi connectivity index (χ3n) is 3.69. The highest BCUT2D eigenvalue weighted by molar-refractivity contribution is 6.31. The number of aromatic nitrogens is 2. The summed E-state index contributed by atoms with van der Waals surface area (Å²) in [6.07, 6.45) is 1.24. The fourth-order valence-corrected chi connectivity index (χ4v) is 2.68. The molecule has 1 N–H and O–H groups in total. The standard InChI is InChI=1S/C18H13ClFN3O3/c1-10(24)22-12-3-4-13(15(20)7-12)17(25)8-23-9-21-16-5-2-11(19)6-14(16)18(23)26/h2-7,9H,8H2,1H3,(H,22,24). The normalized spacial score (nSPS) is 10.7. The smallest absolute Gasteiger partial charge is 0.261 e. The van der Waals surface area contributed by atoms with Crippen LogP contribution in [0.3, 0.4) is 0 Å². The second-order valence-electron chi connectivity index (χ2n) is 5.64. The number of Topliss-reactive ketones (excluding diaryl/α,β-unsaturated/α-hetero) is 1. The van der Waals surface area contributed by atoms with Crippen LogP contribution in [0, 0.1) is 5.82 Å². The predicted octanol–water partition coefficient (Wildman–Crippen LogP) is 3.03. The summed E-state index contributed by atoms with van der Waals surface area (Å²) in [5.74, 6) is -1.73. The summed E-state index contributed by atoms with van der Waals surface area (Å²) in [4.78, 5) is 40.0. The Labute approximate surface area is 152 Å². The van der Waals surface area contributed by atoms with Crippen molar-refractivity contribution in [1.29, 1.82) is 0 Å². The molecule has 1 amide bonds. The molecule has 0 atom stereocenters. The van der Waals surface area contributed by atoms with Crippen LogP contribution in [0.1, 0.15) is 17.3 Å². The molecule has 0 saturated heterocycles. The van der Waals surface area contributed by atoms with Gasteiger partial charge in [-0.2, -0.15) is 0 Å². The average molecular weight is 374 g/mol. The Kier molecular flexibility index (Phi) is 4.81. The van der Waals surface area contributed by atoms with Crippen molar-refractivity contribution in [2.45, 2.75) is 13.5 Å². The number of fused-ring (bicyclic) bond motifs is 1. The van der Waals surface area contributed by atoms with Crippen LogP contribution in [-0.2, 0) is 11.3 Å². The van der Waals surface area contributed by atoms with E-state index in [-0.39, 0.29) is 29.1 Å². The van der Waals surface area contributed by atoms with Crippen LogP contribution in [0.25, 0.3) is 10.9 Å². The number of benzene rings is 2. The molecule has 1 heterocycles. The number of hydrogen-bond acceptors (Lipinski definition) is 4. The van der Waals surface area contributed by atoms with E-state index in [1.807, 2.05) is 0 Å². The third kappa shape index (κ3) is 3.62. The number of hydrogen-bond donors (Lipinski definition) is 1. The lowest BCUT2D eigenvalue weighted by Crippen LogP contribution is -2.25. The Morgan fingerprint density at radius 3 is 2.69 bits per heavy atom. The highest BCUT2D eigenvalue weighted by Crippen LogP contribution is 2.17. The number of rotatable bonds is 4. The van der Waals surface area contributed by atoms with E-state index in [0.29, 0.717) is 10.5 Å². The highest BCUT2D eigenvalue weighted by atomic mass is 35.5. The fourth-order valence-electron chi connectivity index (χ4n) is 2.51. The van der Waals surface area contributed by atoms with Crippen LogP contribution in [-0.4, -0.2) is 21.2 Å². The molecule has 0 spiro atoms. The largest absolute Gasteiger partial charge is 0.326 e. The first kappa shape index (κ1) is 17.8. The Bertz CT molecular complexity index is 1090. The van der Waals surface area contributed by atoms with Crippen LogP contribution < -0.4 is 10.9 Å². The molecule has 0 radical (unpaired) electrons. The van der Waals surface area contributed by atoms with E-state index in [9.17, 15) is 18.8 Å². The molecule has 132 valence electrons. The van der Waals surface area contributed by atoms with Gasteiger partial charge in [-0.15, -0.1) is 0 Å². The number of amides is 1. The van der Waals surface area contributed by atoms with Gasteiger partial charge in [0, 0.05) is 17.6 Å². The zero-order valence-corrected chi connectivity index (χ0v) is 14.4. The Balaban J connectivity index is 1.91. The molecular weight excluding hydrogens is 361 g/mol. The molecule has 0 aliphatic rings. The Morgan fingerprint density at radius 2 is 2.00 bits per heavy atom. The molecule has 26 heavy (non-hydrogen) atoms. The lowest BCUT2D eigenvalue weighted by Gasteiger charge is -2.08. The molecule has 3 aromatic rings. The summed E-state index contributed by atoms with van der Waals surface area (Å²) in [7, 11) is 0. The number of nitrogens with zero attached hydrogens (tertiary/aromatic N) is 2. The molecule has 3 rings (SSSR count). The van der Waals surface area contributed by atoms with Crippen LogP contribution in [0.2, 0.25) is 5.02 Å². The molecule has 8 heteroatoms. The van der Waals surface area contributed by atoms with Crippen molar-refractivity contribution in [3.05, 3.63) is 69.5 Å². The number of anilines is 1. The predicted molar refractivity (Wildman–Crippen MR) is 96.0 cm³/mol. The van der Waals surface area contributed by atoms with Gasteiger partial charge in [-0.25, -0.2) is 9.37 Å². The average Bonchev–Trinajstić information content (AvgIpc) is 2.57. The van der Waals surface area contributed by atoms with Crippen LogP contribution in [0.5, 0.6) is 0 Å². The molecule has 6 nitrogen and oxygen atoms in total. The highest BCUT2D eigenvalue weighted by Gasteiger charge is 2.15. The Hall–Kier alpha value is -3.06. The van der Waals surface area contributed by atoms with E-state index >= 15 is 0 Å². The first-order valence-corrected chi connectivity index (χ1v) is 7.98. The Morgan fingerprint density at radius 1 is 1.23 bits per heavy atom. The van der Waals surface area contributed by atoms with Crippen molar-refractivity contribution < 1.29 is 14.0 Å². The van der Waals surface area contributed by atoms with E-state index in [4.69, 9.17) is 11.6 Å². The van der Waals surface area contributed by atoms with Crippen LogP contribution in [0.4, 0.5) is 10.1 Å². The summed E-state index contributed by atoms with van der Waals surface area (Å²) in [6, 6.07) is 8.41. The number of ketones is 1. The summed E-state index contributed by atoms with van der Waals surface area (Å²) >= 11 is 5.89. The van der Waals surface area contributed by atoms with Gasteiger partial charge in [-0.1, -0.05) is 11.6 Å². The second kappa shape index (κ2) is 7.05. The maximum Gasteiger partial charge on any atom is 0.261 e. The SMILES string of the molecule is CC(=O)Nc1ccc(C(=O)Cn2cnc3ccc(Cl)cc3c2=O)c(F)c1. The molecule has 0 bridgehead atoms. The van der Waals surface area contributed by atoms with Gasteiger partial charge in [0.2, 0.25) is 5.91 Å². The first-order chi connectivity index (χ1) is 12.3. The van der Waals surface area contributed by atoms with E-state index in [1.54, 1.807) is 12.1 Å². The fraction of sp³-hybridized carbons (Fsp3) is 0.111. The molecule has 0 aliphatic heterocycles. The van der Waals surface area contributed by atoms with E-state index in [1.165, 1.54) is 31.5 Å². The van der Waals surface area contributed by atoms with Crippen molar-refractivity contribution in [1.82, 2.24) is 9.55 Å². The van der Waals surface area contributed by atoms with E-state index < -0.39 is 17.2 Å². The number of carbonyl (C=O) groups excluding carboxylic acids is 2. The minimum atomic E-state index is -0.786. The van der Waals surface area contributed by atoms with Gasteiger partial charge < -0.3 is 5.32 Å². The number of nitrogens with one attached hydrogen (secondary N) is 1. The van der Waals surface area contributed by atoms with Crippen molar-refractivity contribution in [2.75, 3.05) is 5.32 Å². The topological polar surface area (TPSA) is 81.1 Å². The molecule has 0 unspecified atom stereocenters. The van der Waals surface area contributed by atoms with Crippen molar-refractivity contribution in [3.63, 3.8) is 0 Å². The second-order valence-corrected chi connectivity index (χ2v) is 6.07. The van der Waals surface area contributed by atoms with Gasteiger partial charge in [0.15, 0.2) is 5.78 Å². The molecule has 1 aromatic heterocycles. The van der Waals surface area contributed by atoms with Crippen LogP contribution in [0.15, 0.2) is 47.5 Å². The maximum absolute atomic E-state index is 14.2. The number of carbonyl (C=O) groups is 2. The summed E-state index contributed by atoms with van der Waals surface area (Å²) in [6.45, 7) is 0.924. The van der Waals surface area contributed by atoms with Crippen LogP contribution >= 0.6 is 11.6 Å². The first-order valence-electron chi connectivity index (χ1n) is 7.60. The minimum absolute atomic E-state index is 0.183. The van der Waals surface area contributed by atoms with Crippen molar-refractivity contribution >= 4 is 39.9 Å². The van der Waals surface area contributed by atoms with Crippen molar-refractivity contribution in [2.24, 2.45) is 0 Å². The number of halogens is 2. The van der Waals surface area contributed by atoms with E-state index in [2.05, 4.69) is 10.3 Å². The van der Waals surface area contributed by atoms with Gasteiger partial charge in [0.1, 0.15) is 5.82 Å². The lowest BCUT2D eigenvalue weighted by atomic mass is 10.1. The molecule has 0 saturated carbocycles. The van der Waals surface area contributed by atoms with Gasteiger partial charge in [0.05, 0.1) is 29.3 Å². The summed E-state index contributed by atoms with van der Waals surface area (Å²) in [5, 5.41) is 3.08. The summed E-state index contributed by atoms with van der Waals surface area (Å²) in [5.41, 5.74) is 0.0676. The quantitative estimate of drug-likeness (QED) is 0.713. The van der Waals surface area contributed by atoms with Crippen molar-refractivity contribution in [3.8, 4) is 0 Å². The van der Waals surface area contributed by atoms with Gasteiger partial charge in [-0.3, -0.25) is 19.0 Å². The zero-order valence-electron chi connectivity index (χ0n) is 13.6. The lowest BCUT2D eigenvalue weighted by molar-refractivity contribution is -0.114. The van der Waals surface area contributed by atoms with Gasteiger partial charge >= 0.3 is 0 Å².